The van der Waals surface area contributed by atoms with E-state index in [2.05, 4.69) is 5.10 Å². The Morgan fingerprint density at radius 1 is 1.05 bits per heavy atom. The van der Waals surface area contributed by atoms with Gasteiger partial charge in [0.15, 0.2) is 0 Å². The lowest BCUT2D eigenvalue weighted by molar-refractivity contribution is 0.582. The first-order valence-electron chi connectivity index (χ1n) is 5.63. The zero-order valence-corrected chi connectivity index (χ0v) is 10.7. The van der Waals surface area contributed by atoms with Crippen LogP contribution >= 0.6 is 0 Å². The summed E-state index contributed by atoms with van der Waals surface area (Å²) in [6.07, 6.45) is 1.49. The highest BCUT2D eigenvalue weighted by atomic mass is 32.2. The maximum Gasteiger partial charge on any atom is 0.283 e. The van der Waals surface area contributed by atoms with Crippen LogP contribution in [-0.4, -0.2) is 17.6 Å². The summed E-state index contributed by atoms with van der Waals surface area (Å²) in [5.41, 5.74) is 6.75. The van der Waals surface area contributed by atoms with Gasteiger partial charge in [-0.05, 0) is 30.3 Å². The van der Waals surface area contributed by atoms with Crippen molar-refractivity contribution in [2.75, 3.05) is 5.73 Å². The van der Waals surface area contributed by atoms with Crippen LogP contribution in [0.2, 0.25) is 0 Å². The predicted octanol–water partition coefficient (Wildman–Crippen LogP) is 1.86. The number of fused-ring (bicyclic) bond motifs is 1. The van der Waals surface area contributed by atoms with Crippen molar-refractivity contribution in [1.29, 1.82) is 0 Å². The highest BCUT2D eigenvalue weighted by Crippen LogP contribution is 2.21. The Morgan fingerprint density at radius 3 is 2.53 bits per heavy atom. The third-order valence-electron chi connectivity index (χ3n) is 2.83. The van der Waals surface area contributed by atoms with Gasteiger partial charge in [0.2, 0.25) is 0 Å². The van der Waals surface area contributed by atoms with Crippen LogP contribution in [0.25, 0.3) is 10.9 Å². The predicted molar refractivity (Wildman–Crippen MR) is 73.2 cm³/mol. The first-order chi connectivity index (χ1) is 9.09. The Bertz CT molecular complexity index is 839. The van der Waals surface area contributed by atoms with Gasteiger partial charge in [0.1, 0.15) is 0 Å². The van der Waals surface area contributed by atoms with E-state index in [9.17, 15) is 8.42 Å². The van der Waals surface area contributed by atoms with E-state index in [1.165, 1.54) is 6.20 Å². The lowest BCUT2D eigenvalue weighted by Crippen LogP contribution is -2.14. The minimum atomic E-state index is -3.67. The fourth-order valence-corrected chi connectivity index (χ4v) is 3.21. The molecular weight excluding hydrogens is 262 g/mol. The number of anilines is 1. The number of hydrogen-bond donors (Lipinski definition) is 1. The zero-order valence-electron chi connectivity index (χ0n) is 9.89. The van der Waals surface area contributed by atoms with Gasteiger partial charge in [0.25, 0.3) is 10.0 Å². The molecule has 2 N–H and O–H groups in total. The van der Waals surface area contributed by atoms with Crippen molar-refractivity contribution in [2.24, 2.45) is 0 Å². The molecule has 0 unspecified atom stereocenters. The smallest absolute Gasteiger partial charge is 0.283 e. The third-order valence-corrected chi connectivity index (χ3v) is 4.44. The molecule has 0 atom stereocenters. The zero-order chi connectivity index (χ0) is 13.5. The van der Waals surface area contributed by atoms with Crippen LogP contribution in [0.1, 0.15) is 0 Å². The molecule has 0 radical (unpaired) electrons. The molecule has 0 amide bonds. The van der Waals surface area contributed by atoms with Crippen LogP contribution in [0.5, 0.6) is 0 Å². The molecule has 0 bridgehead atoms. The molecule has 3 aromatic rings. The first-order valence-corrected chi connectivity index (χ1v) is 7.07. The second-order valence-corrected chi connectivity index (χ2v) is 5.89. The average molecular weight is 273 g/mol. The molecule has 1 aromatic heterocycles. The summed E-state index contributed by atoms with van der Waals surface area (Å²) in [5.74, 6) is 0. The Hall–Kier alpha value is -2.34. The van der Waals surface area contributed by atoms with Crippen molar-refractivity contribution < 1.29 is 8.42 Å². The van der Waals surface area contributed by atoms with Crippen molar-refractivity contribution in [1.82, 2.24) is 9.19 Å². The summed E-state index contributed by atoms with van der Waals surface area (Å²) in [5, 5.41) is 4.65. The van der Waals surface area contributed by atoms with E-state index in [1.54, 1.807) is 48.5 Å². The first kappa shape index (κ1) is 11.7. The fraction of sp³-hybridized carbons (Fsp3) is 0. The summed E-state index contributed by atoms with van der Waals surface area (Å²) in [6.45, 7) is 0. The summed E-state index contributed by atoms with van der Waals surface area (Å²) >= 11 is 0. The summed E-state index contributed by atoms with van der Waals surface area (Å²) < 4.78 is 26.0. The number of benzene rings is 2. The molecule has 0 fully saturated rings. The molecule has 2 aromatic carbocycles. The molecule has 0 aliphatic rings. The van der Waals surface area contributed by atoms with Crippen molar-refractivity contribution in [2.45, 2.75) is 4.90 Å². The van der Waals surface area contributed by atoms with E-state index in [-0.39, 0.29) is 4.90 Å². The molecule has 1 heterocycles. The Balaban J connectivity index is 2.25. The summed E-state index contributed by atoms with van der Waals surface area (Å²) in [6, 6.07) is 13.2. The van der Waals surface area contributed by atoms with Crippen LogP contribution in [-0.2, 0) is 10.0 Å². The van der Waals surface area contributed by atoms with E-state index < -0.39 is 10.0 Å². The van der Waals surface area contributed by atoms with Gasteiger partial charge < -0.3 is 5.73 Å². The molecule has 6 heteroatoms. The molecular formula is C13H11N3O2S. The van der Waals surface area contributed by atoms with Crippen molar-refractivity contribution in [3.8, 4) is 0 Å². The number of hydrogen-bond acceptors (Lipinski definition) is 4. The van der Waals surface area contributed by atoms with E-state index in [0.29, 0.717) is 16.6 Å². The van der Waals surface area contributed by atoms with Gasteiger partial charge in [-0.2, -0.15) is 17.6 Å². The number of nitrogen functional groups attached to an aromatic ring is 1. The van der Waals surface area contributed by atoms with Gasteiger partial charge in [-0.3, -0.25) is 0 Å². The molecule has 0 saturated carbocycles. The summed E-state index contributed by atoms with van der Waals surface area (Å²) in [4.78, 5) is 0.205. The molecule has 96 valence electrons. The van der Waals surface area contributed by atoms with Crippen molar-refractivity contribution in [3.05, 3.63) is 54.7 Å². The van der Waals surface area contributed by atoms with Crippen LogP contribution in [0.15, 0.2) is 59.6 Å². The fourth-order valence-electron chi connectivity index (χ4n) is 1.91. The standard InChI is InChI=1S/C13H11N3O2S/c14-11-6-7-13-10(8-11)9-15-16(13)19(17,18)12-4-2-1-3-5-12/h1-9H,14H2. The lowest BCUT2D eigenvalue weighted by atomic mass is 10.2. The van der Waals surface area contributed by atoms with E-state index in [0.717, 1.165) is 4.09 Å². The molecule has 0 spiro atoms. The summed E-state index contributed by atoms with van der Waals surface area (Å²) in [7, 11) is -3.67. The van der Waals surface area contributed by atoms with Gasteiger partial charge in [0.05, 0.1) is 16.6 Å². The van der Waals surface area contributed by atoms with Crippen LogP contribution < -0.4 is 5.73 Å². The lowest BCUT2D eigenvalue weighted by Gasteiger charge is -2.05. The SMILES string of the molecule is Nc1ccc2c(cnn2S(=O)(=O)c2ccccc2)c1. The normalized spacial score (nSPS) is 11.8. The number of nitrogens with zero attached hydrogens (tertiary/aromatic N) is 2. The molecule has 0 saturated heterocycles. The minimum absolute atomic E-state index is 0.205. The quantitative estimate of drug-likeness (QED) is 0.723. The van der Waals surface area contributed by atoms with Crippen LogP contribution in [0, 0.1) is 0 Å². The second kappa shape index (κ2) is 4.10. The van der Waals surface area contributed by atoms with Gasteiger partial charge >= 0.3 is 0 Å². The van der Waals surface area contributed by atoms with Crippen LogP contribution in [0.4, 0.5) is 5.69 Å². The van der Waals surface area contributed by atoms with E-state index in [4.69, 9.17) is 5.73 Å². The largest absolute Gasteiger partial charge is 0.399 e. The topological polar surface area (TPSA) is 78.0 Å². The minimum Gasteiger partial charge on any atom is -0.399 e. The Labute approximate surface area is 110 Å². The van der Waals surface area contributed by atoms with Gasteiger partial charge in [-0.15, -0.1) is 0 Å². The van der Waals surface area contributed by atoms with Crippen molar-refractivity contribution in [3.63, 3.8) is 0 Å². The van der Waals surface area contributed by atoms with E-state index in [1.807, 2.05) is 0 Å². The van der Waals surface area contributed by atoms with Gasteiger partial charge in [0, 0.05) is 11.1 Å². The molecule has 5 nitrogen and oxygen atoms in total. The maximum atomic E-state index is 12.5. The Kier molecular flexibility index (Phi) is 2.53. The number of rotatable bonds is 2. The monoisotopic (exact) mass is 273 g/mol. The Morgan fingerprint density at radius 2 is 1.79 bits per heavy atom. The highest BCUT2D eigenvalue weighted by Gasteiger charge is 2.19. The van der Waals surface area contributed by atoms with Crippen LogP contribution in [0.3, 0.4) is 0 Å². The third kappa shape index (κ3) is 1.86. The maximum absolute atomic E-state index is 12.5. The second-order valence-electron chi connectivity index (χ2n) is 4.12. The number of nitrogens with two attached hydrogens (primary N) is 1. The molecule has 0 aliphatic carbocycles. The van der Waals surface area contributed by atoms with Gasteiger partial charge in [-0.25, -0.2) is 0 Å². The highest BCUT2D eigenvalue weighted by molar-refractivity contribution is 7.90. The molecule has 3 rings (SSSR count). The molecule has 19 heavy (non-hydrogen) atoms. The van der Waals surface area contributed by atoms with Gasteiger partial charge in [-0.1, -0.05) is 18.2 Å². The molecule has 0 aliphatic heterocycles. The number of aromatic nitrogens is 2. The van der Waals surface area contributed by atoms with E-state index >= 15 is 0 Å². The average Bonchev–Trinajstić information content (AvgIpc) is 2.83. The van der Waals surface area contributed by atoms with Crippen molar-refractivity contribution >= 4 is 26.6 Å².